The summed E-state index contributed by atoms with van der Waals surface area (Å²) < 4.78 is 0. The molecule has 0 aromatic carbocycles. The van der Waals surface area contributed by atoms with Gasteiger partial charge in [-0.2, -0.15) is 0 Å². The van der Waals surface area contributed by atoms with Gasteiger partial charge in [-0.3, -0.25) is 4.79 Å². The maximum Gasteiger partial charge on any atom is 0.394 e. The van der Waals surface area contributed by atoms with Crippen molar-refractivity contribution < 1.29 is 14.7 Å². The van der Waals surface area contributed by atoms with Gasteiger partial charge >= 0.3 is 11.9 Å². The second kappa shape index (κ2) is 4.95. The number of rotatable bonds is 4. The van der Waals surface area contributed by atoms with Gasteiger partial charge in [0.25, 0.3) is 0 Å². The summed E-state index contributed by atoms with van der Waals surface area (Å²) >= 11 is 0. The van der Waals surface area contributed by atoms with Crippen molar-refractivity contribution >= 4 is 11.9 Å². The van der Waals surface area contributed by atoms with Gasteiger partial charge in [-0.1, -0.05) is 13.8 Å². The molecule has 2 N–H and O–H groups in total. The van der Waals surface area contributed by atoms with Crippen LogP contribution in [0.4, 0.5) is 0 Å². The Kier molecular flexibility index (Phi) is 4.56. The smallest absolute Gasteiger partial charge is 0.394 e. The van der Waals surface area contributed by atoms with Crippen LogP contribution < -0.4 is 5.32 Å². The predicted molar refractivity (Wildman–Crippen MR) is 53.0 cm³/mol. The van der Waals surface area contributed by atoms with Crippen LogP contribution in [0.5, 0.6) is 0 Å². The van der Waals surface area contributed by atoms with Crippen LogP contribution in [0.2, 0.25) is 0 Å². The fraction of sp³-hybridized carbons (Fsp3) is 0.778. The molecule has 5 nitrogen and oxygen atoms in total. The minimum absolute atomic E-state index is 0.130. The standard InChI is InChI=1S/C9H18N2O3/c1-9(2,6-11(3)4)5-10-7(12)8(13)14/h5-6H2,1-4H3,(H,10,12)(H,13,14). The van der Waals surface area contributed by atoms with E-state index in [4.69, 9.17) is 5.11 Å². The lowest BCUT2D eigenvalue weighted by Crippen LogP contribution is -2.42. The van der Waals surface area contributed by atoms with Crippen molar-refractivity contribution in [2.45, 2.75) is 13.8 Å². The van der Waals surface area contributed by atoms with E-state index >= 15 is 0 Å². The van der Waals surface area contributed by atoms with Gasteiger partial charge in [-0.15, -0.1) is 0 Å². The molecule has 0 aliphatic carbocycles. The van der Waals surface area contributed by atoms with E-state index in [2.05, 4.69) is 5.32 Å². The Morgan fingerprint density at radius 3 is 2.21 bits per heavy atom. The quantitative estimate of drug-likeness (QED) is 0.618. The highest BCUT2D eigenvalue weighted by Crippen LogP contribution is 2.13. The summed E-state index contributed by atoms with van der Waals surface area (Å²) in [6.07, 6.45) is 0. The zero-order valence-electron chi connectivity index (χ0n) is 9.13. The Bertz CT molecular complexity index is 224. The number of amides is 1. The third-order valence-corrected chi connectivity index (χ3v) is 1.67. The molecule has 0 aromatic rings. The lowest BCUT2D eigenvalue weighted by Gasteiger charge is -2.28. The highest BCUT2D eigenvalue weighted by molar-refractivity contribution is 6.31. The van der Waals surface area contributed by atoms with Crippen molar-refractivity contribution in [3.05, 3.63) is 0 Å². The monoisotopic (exact) mass is 202 g/mol. The fourth-order valence-electron chi connectivity index (χ4n) is 1.31. The molecule has 0 heterocycles. The second-order valence-corrected chi connectivity index (χ2v) is 4.39. The molecule has 0 saturated heterocycles. The lowest BCUT2D eigenvalue weighted by atomic mass is 9.93. The third kappa shape index (κ3) is 5.53. The first kappa shape index (κ1) is 12.9. The highest BCUT2D eigenvalue weighted by atomic mass is 16.4. The van der Waals surface area contributed by atoms with E-state index in [9.17, 15) is 9.59 Å². The molecule has 14 heavy (non-hydrogen) atoms. The molecular formula is C9H18N2O3. The number of hydrogen-bond donors (Lipinski definition) is 2. The summed E-state index contributed by atoms with van der Waals surface area (Å²) in [6, 6.07) is 0. The molecule has 0 spiro atoms. The first-order valence-corrected chi connectivity index (χ1v) is 4.40. The van der Waals surface area contributed by atoms with Gasteiger partial charge in [-0.25, -0.2) is 4.79 Å². The Labute approximate surface area is 84.1 Å². The maximum absolute atomic E-state index is 10.8. The van der Waals surface area contributed by atoms with Crippen molar-refractivity contribution in [2.75, 3.05) is 27.2 Å². The van der Waals surface area contributed by atoms with E-state index in [1.165, 1.54) is 0 Å². The number of carboxylic acids is 1. The molecule has 82 valence electrons. The Morgan fingerprint density at radius 2 is 1.86 bits per heavy atom. The number of carbonyl (C=O) groups is 2. The van der Waals surface area contributed by atoms with Crippen LogP contribution in [0.25, 0.3) is 0 Å². The van der Waals surface area contributed by atoms with Crippen molar-refractivity contribution in [2.24, 2.45) is 5.41 Å². The molecule has 0 bridgehead atoms. The molecule has 1 amide bonds. The van der Waals surface area contributed by atoms with Crippen LogP contribution >= 0.6 is 0 Å². The van der Waals surface area contributed by atoms with Crippen LogP contribution in [0.15, 0.2) is 0 Å². The zero-order chi connectivity index (χ0) is 11.4. The summed E-state index contributed by atoms with van der Waals surface area (Å²) in [5, 5.41) is 10.7. The van der Waals surface area contributed by atoms with E-state index in [0.717, 1.165) is 6.54 Å². The summed E-state index contributed by atoms with van der Waals surface area (Å²) in [5.74, 6) is -2.39. The van der Waals surface area contributed by atoms with E-state index in [1.807, 2.05) is 32.8 Å². The Balaban J connectivity index is 3.98. The summed E-state index contributed by atoms with van der Waals surface area (Å²) in [7, 11) is 3.86. The van der Waals surface area contributed by atoms with E-state index in [0.29, 0.717) is 6.54 Å². The molecule has 0 saturated carbocycles. The van der Waals surface area contributed by atoms with Crippen LogP contribution in [-0.2, 0) is 9.59 Å². The molecule has 0 atom stereocenters. The van der Waals surface area contributed by atoms with Crippen LogP contribution in [0.3, 0.4) is 0 Å². The molecule has 0 rings (SSSR count). The normalized spacial score (nSPS) is 11.5. The molecular weight excluding hydrogens is 184 g/mol. The van der Waals surface area contributed by atoms with Crippen molar-refractivity contribution in [1.82, 2.24) is 10.2 Å². The van der Waals surface area contributed by atoms with Gasteiger partial charge in [0, 0.05) is 13.1 Å². The van der Waals surface area contributed by atoms with Crippen LogP contribution in [-0.4, -0.2) is 49.1 Å². The largest absolute Gasteiger partial charge is 0.474 e. The fourth-order valence-corrected chi connectivity index (χ4v) is 1.31. The Hall–Kier alpha value is -1.10. The van der Waals surface area contributed by atoms with Gasteiger partial charge in [0.15, 0.2) is 0 Å². The second-order valence-electron chi connectivity index (χ2n) is 4.39. The zero-order valence-corrected chi connectivity index (χ0v) is 9.13. The summed E-state index contributed by atoms with van der Waals surface area (Å²) in [6.45, 7) is 5.08. The molecule has 0 fully saturated rings. The van der Waals surface area contributed by atoms with Gasteiger partial charge in [0.2, 0.25) is 0 Å². The SMILES string of the molecule is CN(C)CC(C)(C)CNC(=O)C(=O)O. The third-order valence-electron chi connectivity index (χ3n) is 1.67. The molecule has 0 aliphatic rings. The maximum atomic E-state index is 10.8. The summed E-state index contributed by atoms with van der Waals surface area (Å²) in [4.78, 5) is 23.0. The average Bonchev–Trinajstić information content (AvgIpc) is 1.97. The minimum Gasteiger partial charge on any atom is -0.474 e. The van der Waals surface area contributed by atoms with E-state index < -0.39 is 11.9 Å². The first-order valence-electron chi connectivity index (χ1n) is 4.40. The highest BCUT2D eigenvalue weighted by Gasteiger charge is 2.21. The van der Waals surface area contributed by atoms with Gasteiger partial charge in [0.1, 0.15) is 0 Å². The topological polar surface area (TPSA) is 69.6 Å². The lowest BCUT2D eigenvalue weighted by molar-refractivity contribution is -0.150. The van der Waals surface area contributed by atoms with E-state index in [-0.39, 0.29) is 5.41 Å². The number of aliphatic carboxylic acids is 1. The number of hydrogen-bond acceptors (Lipinski definition) is 3. The molecule has 5 heteroatoms. The van der Waals surface area contributed by atoms with Gasteiger partial charge in [0.05, 0.1) is 0 Å². The number of nitrogens with zero attached hydrogens (tertiary/aromatic N) is 1. The van der Waals surface area contributed by atoms with Crippen LogP contribution in [0, 0.1) is 5.41 Å². The molecule has 0 radical (unpaired) electrons. The molecule has 0 unspecified atom stereocenters. The van der Waals surface area contributed by atoms with Gasteiger partial charge < -0.3 is 15.3 Å². The van der Waals surface area contributed by atoms with Crippen molar-refractivity contribution in [3.63, 3.8) is 0 Å². The van der Waals surface area contributed by atoms with E-state index in [1.54, 1.807) is 0 Å². The number of carbonyl (C=O) groups excluding carboxylic acids is 1. The van der Waals surface area contributed by atoms with Gasteiger partial charge in [-0.05, 0) is 19.5 Å². The minimum atomic E-state index is -1.44. The molecule has 0 aliphatic heterocycles. The number of carboxylic acid groups (broad SMARTS) is 1. The predicted octanol–water partition coefficient (Wildman–Crippen LogP) is -0.225. The average molecular weight is 202 g/mol. The van der Waals surface area contributed by atoms with Crippen LogP contribution in [0.1, 0.15) is 13.8 Å². The van der Waals surface area contributed by atoms with Crippen molar-refractivity contribution in [1.29, 1.82) is 0 Å². The van der Waals surface area contributed by atoms with Crippen molar-refractivity contribution in [3.8, 4) is 0 Å². The Morgan fingerprint density at radius 1 is 1.36 bits per heavy atom. The number of nitrogens with one attached hydrogen (secondary N) is 1. The summed E-state index contributed by atoms with van der Waals surface area (Å²) in [5.41, 5.74) is -0.130. The first-order chi connectivity index (χ1) is 6.24. The molecule has 0 aromatic heterocycles.